The predicted molar refractivity (Wildman–Crippen MR) is 119 cm³/mol. The molecule has 0 saturated carbocycles. The molecule has 1 N–H and O–H groups in total. The number of alkyl halides is 3. The number of carbonyl (C=O) groups is 1. The highest BCUT2D eigenvalue weighted by Gasteiger charge is 2.40. The van der Waals surface area contributed by atoms with Crippen LogP contribution in [0, 0.1) is 5.92 Å². The number of fused-ring (bicyclic) bond motifs is 1. The topological polar surface area (TPSA) is 80.0 Å². The third kappa shape index (κ3) is 4.65. The van der Waals surface area contributed by atoms with Gasteiger partial charge in [0.2, 0.25) is 11.2 Å². The fourth-order valence-electron chi connectivity index (χ4n) is 4.33. The number of halogens is 3. The van der Waals surface area contributed by atoms with Gasteiger partial charge in [-0.05, 0) is 50.6 Å². The molecule has 1 aliphatic rings. The molecule has 9 heteroatoms. The van der Waals surface area contributed by atoms with Crippen LogP contribution in [0.15, 0.2) is 51.7 Å². The van der Waals surface area contributed by atoms with Gasteiger partial charge >= 0.3 is 12.1 Å². The smallest absolute Gasteiger partial charge is 0.450 e. The highest BCUT2D eigenvalue weighted by atomic mass is 19.4. The molecule has 3 aromatic rings. The number of carbonyl (C=O) groups excluding carboxylic acids is 1. The van der Waals surface area contributed by atoms with Crippen molar-refractivity contribution in [2.75, 3.05) is 19.7 Å². The van der Waals surface area contributed by atoms with E-state index in [1.165, 1.54) is 24.3 Å². The van der Waals surface area contributed by atoms with Crippen molar-refractivity contribution in [3.8, 4) is 16.9 Å². The summed E-state index contributed by atoms with van der Waals surface area (Å²) in [6.07, 6.45) is -3.86. The van der Waals surface area contributed by atoms with E-state index in [0.717, 1.165) is 0 Å². The Kier molecular flexibility index (Phi) is 6.65. The van der Waals surface area contributed by atoms with Gasteiger partial charge in [0.1, 0.15) is 11.3 Å². The van der Waals surface area contributed by atoms with E-state index in [0.29, 0.717) is 32.5 Å². The zero-order valence-corrected chi connectivity index (χ0v) is 18.5. The second kappa shape index (κ2) is 9.50. The summed E-state index contributed by atoms with van der Waals surface area (Å²) in [5.74, 6) is -2.15. The highest BCUT2D eigenvalue weighted by Crippen LogP contribution is 2.39. The summed E-state index contributed by atoms with van der Waals surface area (Å²) in [4.78, 5) is 27.1. The number of hydrogen-bond donors (Lipinski definition) is 1. The molecule has 0 atom stereocenters. The number of piperidine rings is 1. The molecule has 180 valence electrons. The van der Waals surface area contributed by atoms with E-state index in [-0.39, 0.29) is 46.3 Å². The monoisotopic (exact) mass is 475 g/mol. The van der Waals surface area contributed by atoms with Crippen LogP contribution in [0.5, 0.6) is 5.75 Å². The second-order valence-corrected chi connectivity index (χ2v) is 8.24. The number of esters is 1. The standard InChI is InChI=1S/C25H24F3NO5/c1-2-33-24(32)16-10-12-29(13-11-16)14-18-19(30)9-8-17-21(31)20(15-6-4-3-5-7-15)23(25(26,27)28)34-22(17)18/h3-9,16,30H,2,10-14H2,1H3. The van der Waals surface area contributed by atoms with Gasteiger partial charge in [-0.2, -0.15) is 13.2 Å². The van der Waals surface area contributed by atoms with E-state index in [1.807, 2.05) is 4.90 Å². The van der Waals surface area contributed by atoms with E-state index in [1.54, 1.807) is 25.1 Å². The first-order valence-electron chi connectivity index (χ1n) is 11.0. The molecule has 1 saturated heterocycles. The van der Waals surface area contributed by atoms with Gasteiger partial charge < -0.3 is 14.3 Å². The third-order valence-electron chi connectivity index (χ3n) is 6.05. The Morgan fingerprint density at radius 1 is 1.15 bits per heavy atom. The van der Waals surface area contributed by atoms with Crippen LogP contribution in [0.1, 0.15) is 31.1 Å². The summed E-state index contributed by atoms with van der Waals surface area (Å²) in [5, 5.41) is 10.4. The molecule has 34 heavy (non-hydrogen) atoms. The minimum Gasteiger partial charge on any atom is -0.507 e. The highest BCUT2D eigenvalue weighted by molar-refractivity contribution is 5.86. The average molecular weight is 475 g/mol. The molecule has 6 nitrogen and oxygen atoms in total. The van der Waals surface area contributed by atoms with Crippen LogP contribution in [0.3, 0.4) is 0 Å². The van der Waals surface area contributed by atoms with Crippen molar-refractivity contribution >= 4 is 16.9 Å². The molecular weight excluding hydrogens is 451 g/mol. The van der Waals surface area contributed by atoms with Crippen LogP contribution in [0.25, 0.3) is 22.1 Å². The van der Waals surface area contributed by atoms with Gasteiger partial charge in [0.05, 0.1) is 29.0 Å². The number of ether oxygens (including phenoxy) is 1. The van der Waals surface area contributed by atoms with Gasteiger partial charge in [0, 0.05) is 6.54 Å². The predicted octanol–water partition coefficient (Wildman–Crippen LogP) is 4.96. The zero-order valence-electron chi connectivity index (χ0n) is 18.5. The number of rotatable bonds is 5. The third-order valence-corrected chi connectivity index (χ3v) is 6.05. The molecule has 0 unspecified atom stereocenters. The minimum absolute atomic E-state index is 0.0407. The number of hydrogen-bond acceptors (Lipinski definition) is 6. The van der Waals surface area contributed by atoms with Crippen molar-refractivity contribution in [1.29, 1.82) is 0 Å². The Bertz CT molecular complexity index is 1250. The van der Waals surface area contributed by atoms with Crippen molar-refractivity contribution in [2.45, 2.75) is 32.5 Å². The lowest BCUT2D eigenvalue weighted by molar-refractivity contribution is -0.152. The van der Waals surface area contributed by atoms with Crippen LogP contribution in [0.2, 0.25) is 0 Å². The van der Waals surface area contributed by atoms with Crippen LogP contribution < -0.4 is 5.43 Å². The number of aromatic hydroxyl groups is 1. The van der Waals surface area contributed by atoms with Gasteiger partial charge in [0.15, 0.2) is 0 Å². The Hall–Kier alpha value is -3.33. The quantitative estimate of drug-likeness (QED) is 0.526. The average Bonchev–Trinajstić information content (AvgIpc) is 2.81. The van der Waals surface area contributed by atoms with Gasteiger partial charge in [-0.3, -0.25) is 14.5 Å². The zero-order chi connectivity index (χ0) is 24.5. The SMILES string of the molecule is CCOC(=O)C1CCN(Cc2c(O)ccc3c(=O)c(-c4ccccc4)c(C(F)(F)F)oc23)CC1. The van der Waals surface area contributed by atoms with Gasteiger partial charge in [-0.15, -0.1) is 0 Å². The molecular formula is C25H24F3NO5. The molecule has 0 spiro atoms. The summed E-state index contributed by atoms with van der Waals surface area (Å²) >= 11 is 0. The number of nitrogens with zero attached hydrogens (tertiary/aromatic N) is 1. The fourth-order valence-corrected chi connectivity index (χ4v) is 4.33. The second-order valence-electron chi connectivity index (χ2n) is 8.24. The molecule has 0 aliphatic carbocycles. The maximum absolute atomic E-state index is 14.0. The minimum atomic E-state index is -4.92. The summed E-state index contributed by atoms with van der Waals surface area (Å²) in [6, 6.07) is 10.1. The maximum Gasteiger partial charge on any atom is 0.450 e. The lowest BCUT2D eigenvalue weighted by Gasteiger charge is -2.31. The number of benzene rings is 2. The largest absolute Gasteiger partial charge is 0.507 e. The first-order chi connectivity index (χ1) is 16.2. The molecule has 2 heterocycles. The first kappa shape index (κ1) is 23.8. The fraction of sp³-hybridized carbons (Fsp3) is 0.360. The van der Waals surface area contributed by atoms with Crippen LogP contribution >= 0.6 is 0 Å². The molecule has 1 aromatic heterocycles. The Morgan fingerprint density at radius 2 is 1.82 bits per heavy atom. The van der Waals surface area contributed by atoms with Crippen molar-refractivity contribution in [3.05, 3.63) is 64.0 Å². The van der Waals surface area contributed by atoms with Gasteiger partial charge in [-0.1, -0.05) is 30.3 Å². The molecule has 1 fully saturated rings. The maximum atomic E-state index is 14.0. The normalized spacial score (nSPS) is 15.5. The molecule has 0 radical (unpaired) electrons. The van der Waals surface area contributed by atoms with E-state index >= 15 is 0 Å². The lowest BCUT2D eigenvalue weighted by Crippen LogP contribution is -2.36. The summed E-state index contributed by atoms with van der Waals surface area (Å²) < 4.78 is 52.3. The summed E-state index contributed by atoms with van der Waals surface area (Å²) in [5.41, 5.74) is -1.46. The number of phenolic OH excluding ortho intramolecular Hbond substituents is 1. The Labute approximate surface area is 193 Å². The van der Waals surface area contributed by atoms with Crippen LogP contribution in [-0.2, 0) is 22.3 Å². The molecule has 0 amide bonds. The van der Waals surface area contributed by atoms with Gasteiger partial charge in [-0.25, -0.2) is 0 Å². The molecule has 0 bridgehead atoms. The number of phenols is 1. The lowest BCUT2D eigenvalue weighted by atomic mass is 9.96. The Morgan fingerprint density at radius 3 is 2.44 bits per heavy atom. The van der Waals surface area contributed by atoms with Gasteiger partial charge in [0.25, 0.3) is 0 Å². The van der Waals surface area contributed by atoms with Crippen LogP contribution in [0.4, 0.5) is 13.2 Å². The summed E-state index contributed by atoms with van der Waals surface area (Å²) in [6.45, 7) is 3.08. The van der Waals surface area contributed by atoms with E-state index < -0.39 is 22.9 Å². The van der Waals surface area contributed by atoms with E-state index in [9.17, 15) is 27.9 Å². The van der Waals surface area contributed by atoms with E-state index in [4.69, 9.17) is 9.15 Å². The molecule has 1 aliphatic heterocycles. The first-order valence-corrected chi connectivity index (χ1v) is 11.0. The van der Waals surface area contributed by atoms with Crippen molar-refractivity contribution in [3.63, 3.8) is 0 Å². The van der Waals surface area contributed by atoms with Crippen molar-refractivity contribution in [1.82, 2.24) is 4.90 Å². The number of likely N-dealkylation sites (tertiary alicyclic amines) is 1. The van der Waals surface area contributed by atoms with Crippen molar-refractivity contribution < 1.29 is 32.2 Å². The molecule has 2 aromatic carbocycles. The summed E-state index contributed by atoms with van der Waals surface area (Å²) in [7, 11) is 0. The van der Waals surface area contributed by atoms with Crippen LogP contribution in [-0.4, -0.2) is 35.7 Å². The van der Waals surface area contributed by atoms with E-state index in [2.05, 4.69) is 0 Å². The molecule has 4 rings (SSSR count). The van der Waals surface area contributed by atoms with Crippen molar-refractivity contribution in [2.24, 2.45) is 5.92 Å². The Balaban J connectivity index is 1.75.